The van der Waals surface area contributed by atoms with Gasteiger partial charge in [-0.15, -0.1) is 0 Å². The van der Waals surface area contributed by atoms with Crippen molar-refractivity contribution < 1.29 is 28.7 Å². The Bertz CT molecular complexity index is 966. The predicted molar refractivity (Wildman–Crippen MR) is 150 cm³/mol. The third-order valence-electron chi connectivity index (χ3n) is 6.58. The van der Waals surface area contributed by atoms with Gasteiger partial charge >= 0.3 is 12.1 Å². The maximum atomic E-state index is 14.2. The van der Waals surface area contributed by atoms with Gasteiger partial charge in [0.25, 0.3) is 0 Å². The van der Waals surface area contributed by atoms with Crippen LogP contribution in [0, 0.1) is 5.92 Å². The molecule has 9 nitrogen and oxygen atoms in total. The highest BCUT2D eigenvalue weighted by molar-refractivity contribution is 5.92. The number of alkyl carbamates (subject to hydrolysis) is 1. The fraction of sp³-hybridized carbons (Fsp3) is 0.667. The number of carbonyl (C=O) groups excluding carboxylic acids is 4. The van der Waals surface area contributed by atoms with Crippen LogP contribution in [0.15, 0.2) is 24.3 Å². The summed E-state index contributed by atoms with van der Waals surface area (Å²) in [6.45, 7) is 13.4. The van der Waals surface area contributed by atoms with Crippen LogP contribution in [0.2, 0.25) is 0 Å². The smallest absolute Gasteiger partial charge is 0.408 e. The quantitative estimate of drug-likeness (QED) is 0.348. The van der Waals surface area contributed by atoms with E-state index in [1.54, 1.807) is 32.6 Å². The van der Waals surface area contributed by atoms with E-state index in [0.717, 1.165) is 31.2 Å². The summed E-state index contributed by atoms with van der Waals surface area (Å²) in [6, 6.07) is 5.78. The number of benzene rings is 1. The number of esters is 1. The summed E-state index contributed by atoms with van der Waals surface area (Å²) in [7, 11) is 0. The number of ether oxygens (including phenoxy) is 2. The van der Waals surface area contributed by atoms with E-state index in [-0.39, 0.29) is 43.3 Å². The normalized spacial score (nSPS) is 15.1. The first-order valence-corrected chi connectivity index (χ1v) is 14.2. The molecule has 9 heteroatoms. The molecule has 1 aliphatic carbocycles. The van der Waals surface area contributed by atoms with Crippen LogP contribution in [-0.2, 0) is 30.3 Å². The summed E-state index contributed by atoms with van der Waals surface area (Å²) < 4.78 is 10.4. The van der Waals surface area contributed by atoms with Crippen molar-refractivity contribution in [3.8, 4) is 0 Å². The molecule has 1 saturated carbocycles. The number of amides is 3. The van der Waals surface area contributed by atoms with E-state index in [1.807, 2.05) is 38.1 Å². The molecular formula is C30H47N3O6. The number of carbonyl (C=O) groups is 4. The second-order valence-electron chi connectivity index (χ2n) is 11.5. The Morgan fingerprint density at radius 1 is 1.05 bits per heavy atom. The van der Waals surface area contributed by atoms with E-state index in [0.29, 0.717) is 12.0 Å². The molecule has 3 amide bonds. The molecule has 1 aromatic rings. The molecule has 2 unspecified atom stereocenters. The predicted octanol–water partition coefficient (Wildman–Crippen LogP) is 4.68. The molecule has 0 saturated heterocycles. The number of hydrogen-bond acceptors (Lipinski definition) is 6. The van der Waals surface area contributed by atoms with E-state index >= 15 is 0 Å². The Kier molecular flexibility index (Phi) is 12.3. The minimum Gasteiger partial charge on any atom is -0.466 e. The zero-order valence-corrected chi connectivity index (χ0v) is 24.7. The standard InChI is InChI=1S/C30H47N3O6/c1-8-21-13-15-22(16-14-21)26(27(35)31-18-17-25(34)38-9-2)33(23-11-10-12-23)28(36)24(19-20(3)4)32-29(37)39-30(5,6)7/h13-16,20,23-24,26H,8-12,17-19H2,1-7H3,(H,31,35)(H,32,37). The summed E-state index contributed by atoms with van der Waals surface area (Å²) in [4.78, 5) is 54.1. The molecule has 2 rings (SSSR count). The molecular weight excluding hydrogens is 498 g/mol. The molecule has 218 valence electrons. The highest BCUT2D eigenvalue weighted by atomic mass is 16.6. The zero-order chi connectivity index (χ0) is 29.2. The van der Waals surface area contributed by atoms with Crippen LogP contribution in [0.25, 0.3) is 0 Å². The van der Waals surface area contributed by atoms with Gasteiger partial charge in [0.2, 0.25) is 11.8 Å². The average molecular weight is 546 g/mol. The molecule has 1 fully saturated rings. The number of hydrogen-bond donors (Lipinski definition) is 2. The maximum Gasteiger partial charge on any atom is 0.408 e. The minimum absolute atomic E-state index is 0.0363. The van der Waals surface area contributed by atoms with Gasteiger partial charge in [0.15, 0.2) is 0 Å². The van der Waals surface area contributed by atoms with Gasteiger partial charge in [0.1, 0.15) is 17.7 Å². The fourth-order valence-electron chi connectivity index (χ4n) is 4.50. The Morgan fingerprint density at radius 2 is 1.69 bits per heavy atom. The van der Waals surface area contributed by atoms with Crippen molar-refractivity contribution in [3.63, 3.8) is 0 Å². The topological polar surface area (TPSA) is 114 Å². The van der Waals surface area contributed by atoms with Gasteiger partial charge < -0.3 is 25.0 Å². The fourth-order valence-corrected chi connectivity index (χ4v) is 4.50. The minimum atomic E-state index is -0.911. The summed E-state index contributed by atoms with van der Waals surface area (Å²) in [6.07, 6.45) is 3.10. The molecule has 0 heterocycles. The SMILES string of the molecule is CCOC(=O)CCNC(=O)C(c1ccc(CC)cc1)N(C(=O)C(CC(C)C)NC(=O)OC(C)(C)C)C1CCC1. The number of aryl methyl sites for hydroxylation is 1. The van der Waals surface area contributed by atoms with Crippen molar-refractivity contribution in [1.82, 2.24) is 15.5 Å². The molecule has 0 bridgehead atoms. The molecule has 0 aliphatic heterocycles. The molecule has 2 atom stereocenters. The van der Waals surface area contributed by atoms with E-state index in [4.69, 9.17) is 9.47 Å². The summed E-state index contributed by atoms with van der Waals surface area (Å²) >= 11 is 0. The van der Waals surface area contributed by atoms with Crippen LogP contribution in [0.4, 0.5) is 4.79 Å². The van der Waals surface area contributed by atoms with Crippen molar-refractivity contribution in [3.05, 3.63) is 35.4 Å². The van der Waals surface area contributed by atoms with E-state index in [2.05, 4.69) is 17.6 Å². The number of nitrogens with one attached hydrogen (secondary N) is 2. The van der Waals surface area contributed by atoms with E-state index in [9.17, 15) is 19.2 Å². The van der Waals surface area contributed by atoms with Gasteiger partial charge in [-0.1, -0.05) is 45.0 Å². The number of nitrogens with zero attached hydrogens (tertiary/aromatic N) is 1. The molecule has 39 heavy (non-hydrogen) atoms. The lowest BCUT2D eigenvalue weighted by atomic mass is 9.87. The van der Waals surface area contributed by atoms with Gasteiger partial charge in [-0.2, -0.15) is 0 Å². The lowest BCUT2D eigenvalue weighted by Gasteiger charge is -2.43. The first kappa shape index (κ1) is 32.1. The van der Waals surface area contributed by atoms with Crippen LogP contribution < -0.4 is 10.6 Å². The van der Waals surface area contributed by atoms with Gasteiger partial charge in [-0.25, -0.2) is 4.79 Å². The highest BCUT2D eigenvalue weighted by Gasteiger charge is 2.42. The van der Waals surface area contributed by atoms with Gasteiger partial charge in [0.05, 0.1) is 13.0 Å². The Hall–Kier alpha value is -3.10. The van der Waals surface area contributed by atoms with Gasteiger partial charge in [-0.05, 0) is 76.8 Å². The van der Waals surface area contributed by atoms with Crippen LogP contribution in [-0.4, -0.2) is 59.6 Å². The Balaban J connectivity index is 2.42. The molecule has 1 aromatic carbocycles. The molecule has 0 radical (unpaired) electrons. The first-order chi connectivity index (χ1) is 18.4. The summed E-state index contributed by atoms with van der Waals surface area (Å²) in [5, 5.41) is 5.62. The third kappa shape index (κ3) is 10.2. The van der Waals surface area contributed by atoms with Crippen molar-refractivity contribution in [1.29, 1.82) is 0 Å². The van der Waals surface area contributed by atoms with Crippen molar-refractivity contribution >= 4 is 23.9 Å². The lowest BCUT2D eigenvalue weighted by molar-refractivity contribution is -0.148. The Morgan fingerprint density at radius 3 is 2.18 bits per heavy atom. The van der Waals surface area contributed by atoms with Crippen molar-refractivity contribution in [2.75, 3.05) is 13.2 Å². The van der Waals surface area contributed by atoms with E-state index < -0.39 is 29.7 Å². The summed E-state index contributed by atoms with van der Waals surface area (Å²) in [5.74, 6) is -0.973. The zero-order valence-electron chi connectivity index (χ0n) is 24.7. The largest absolute Gasteiger partial charge is 0.466 e. The van der Waals surface area contributed by atoms with Crippen LogP contribution in [0.1, 0.15) is 97.7 Å². The number of rotatable bonds is 13. The van der Waals surface area contributed by atoms with Crippen molar-refractivity contribution in [2.45, 2.75) is 111 Å². The van der Waals surface area contributed by atoms with E-state index in [1.165, 1.54) is 0 Å². The molecule has 1 aliphatic rings. The second-order valence-corrected chi connectivity index (χ2v) is 11.5. The Labute approximate surface area is 233 Å². The van der Waals surface area contributed by atoms with Gasteiger partial charge in [0, 0.05) is 12.6 Å². The van der Waals surface area contributed by atoms with Crippen LogP contribution in [0.3, 0.4) is 0 Å². The van der Waals surface area contributed by atoms with Gasteiger partial charge in [-0.3, -0.25) is 14.4 Å². The second kappa shape index (κ2) is 14.9. The molecule has 0 spiro atoms. The van der Waals surface area contributed by atoms with Crippen LogP contribution >= 0.6 is 0 Å². The maximum absolute atomic E-state index is 14.2. The molecule has 2 N–H and O–H groups in total. The first-order valence-electron chi connectivity index (χ1n) is 14.2. The van der Waals surface area contributed by atoms with Crippen LogP contribution in [0.5, 0.6) is 0 Å². The van der Waals surface area contributed by atoms with Crippen molar-refractivity contribution in [2.24, 2.45) is 5.92 Å². The average Bonchev–Trinajstić information content (AvgIpc) is 2.80. The lowest BCUT2D eigenvalue weighted by Crippen LogP contribution is -2.57. The third-order valence-corrected chi connectivity index (χ3v) is 6.58. The monoisotopic (exact) mass is 545 g/mol. The highest BCUT2D eigenvalue weighted by Crippen LogP contribution is 2.34. The summed E-state index contributed by atoms with van der Waals surface area (Å²) in [5.41, 5.74) is 1.08. The molecule has 0 aromatic heterocycles.